The maximum absolute atomic E-state index is 11.3. The number of benzene rings is 1. The van der Waals surface area contributed by atoms with Crippen LogP contribution in [-0.4, -0.2) is 12.4 Å². The van der Waals surface area contributed by atoms with Crippen molar-refractivity contribution in [2.75, 3.05) is 6.61 Å². The van der Waals surface area contributed by atoms with Gasteiger partial charge in [0.1, 0.15) is 11.5 Å². The summed E-state index contributed by atoms with van der Waals surface area (Å²) in [5.74, 6) is 1.99. The van der Waals surface area contributed by atoms with Gasteiger partial charge in [-0.1, -0.05) is 25.1 Å². The Morgan fingerprint density at radius 1 is 1.41 bits per heavy atom. The number of ether oxygens (including phenoxy) is 1. The smallest absolute Gasteiger partial charge is 0.132 e. The van der Waals surface area contributed by atoms with Crippen molar-refractivity contribution in [3.63, 3.8) is 0 Å². The van der Waals surface area contributed by atoms with Gasteiger partial charge in [0.15, 0.2) is 0 Å². The summed E-state index contributed by atoms with van der Waals surface area (Å²) >= 11 is 0. The molecule has 1 aromatic carbocycles. The third-order valence-corrected chi connectivity index (χ3v) is 3.49. The van der Waals surface area contributed by atoms with Crippen LogP contribution in [0.15, 0.2) is 24.3 Å². The molecule has 92 valence electrons. The van der Waals surface area contributed by atoms with E-state index in [0.717, 1.165) is 38.0 Å². The summed E-state index contributed by atoms with van der Waals surface area (Å²) in [5, 5.41) is 0. The molecule has 0 N–H and O–H groups in total. The zero-order chi connectivity index (χ0) is 12.1. The molecule has 1 atom stereocenters. The minimum atomic E-state index is 0.380. The van der Waals surface area contributed by atoms with Gasteiger partial charge in [-0.15, -0.1) is 0 Å². The lowest BCUT2D eigenvalue weighted by atomic mass is 9.88. The van der Waals surface area contributed by atoms with Crippen LogP contribution in [0.1, 0.15) is 50.5 Å². The van der Waals surface area contributed by atoms with Crippen molar-refractivity contribution in [3.8, 4) is 5.75 Å². The molecule has 1 aliphatic heterocycles. The van der Waals surface area contributed by atoms with E-state index in [1.165, 1.54) is 5.56 Å². The maximum atomic E-state index is 11.3. The molecule has 0 bridgehead atoms. The number of Topliss-reactive ketones (excluding diaryl/α,β-unsaturated/α-hetero) is 1. The predicted octanol–water partition coefficient (Wildman–Crippen LogP) is 3.70. The molecule has 0 saturated heterocycles. The molecule has 0 spiro atoms. The SMILES string of the molecule is CCC(=O)CCCC1CCOc2ccccc21. The number of carbonyl (C=O) groups is 1. The van der Waals surface area contributed by atoms with Gasteiger partial charge in [0.05, 0.1) is 6.61 Å². The second-order valence-corrected chi connectivity index (χ2v) is 4.66. The molecule has 0 radical (unpaired) electrons. The van der Waals surface area contributed by atoms with Gasteiger partial charge in [0, 0.05) is 12.8 Å². The van der Waals surface area contributed by atoms with Gasteiger partial charge >= 0.3 is 0 Å². The van der Waals surface area contributed by atoms with E-state index in [1.807, 2.05) is 19.1 Å². The number of carbonyl (C=O) groups excluding carboxylic acids is 1. The molecule has 0 saturated carbocycles. The summed E-state index contributed by atoms with van der Waals surface area (Å²) in [7, 11) is 0. The van der Waals surface area contributed by atoms with Crippen LogP contribution in [-0.2, 0) is 4.79 Å². The Morgan fingerprint density at radius 3 is 3.06 bits per heavy atom. The quantitative estimate of drug-likeness (QED) is 0.773. The van der Waals surface area contributed by atoms with E-state index in [1.54, 1.807) is 0 Å². The molecular formula is C15H20O2. The molecule has 17 heavy (non-hydrogen) atoms. The first-order chi connectivity index (χ1) is 8.31. The summed E-state index contributed by atoms with van der Waals surface area (Å²) in [6.45, 7) is 2.75. The van der Waals surface area contributed by atoms with E-state index in [4.69, 9.17) is 4.74 Å². The van der Waals surface area contributed by atoms with Crippen LogP contribution in [0.5, 0.6) is 5.75 Å². The van der Waals surface area contributed by atoms with Gasteiger partial charge in [0.2, 0.25) is 0 Å². The molecule has 1 aliphatic rings. The fourth-order valence-corrected chi connectivity index (χ4v) is 2.44. The van der Waals surface area contributed by atoms with Gasteiger partial charge in [-0.2, -0.15) is 0 Å². The molecular weight excluding hydrogens is 212 g/mol. The van der Waals surface area contributed by atoms with Crippen LogP contribution in [0, 0.1) is 0 Å². The average molecular weight is 232 g/mol. The van der Waals surface area contributed by atoms with Crippen molar-refractivity contribution < 1.29 is 9.53 Å². The fourth-order valence-electron chi connectivity index (χ4n) is 2.44. The number of rotatable bonds is 5. The topological polar surface area (TPSA) is 26.3 Å². The largest absolute Gasteiger partial charge is 0.493 e. The zero-order valence-electron chi connectivity index (χ0n) is 10.4. The number of ketones is 1. The third-order valence-electron chi connectivity index (χ3n) is 3.49. The van der Waals surface area contributed by atoms with Crippen molar-refractivity contribution >= 4 is 5.78 Å². The van der Waals surface area contributed by atoms with E-state index < -0.39 is 0 Å². The molecule has 0 aromatic heterocycles. The number of fused-ring (bicyclic) bond motifs is 1. The Bertz CT molecular complexity index is 384. The lowest BCUT2D eigenvalue weighted by Gasteiger charge is -2.25. The van der Waals surface area contributed by atoms with Crippen molar-refractivity contribution in [3.05, 3.63) is 29.8 Å². The number of hydrogen-bond acceptors (Lipinski definition) is 2. The number of hydrogen-bond donors (Lipinski definition) is 0. The summed E-state index contributed by atoms with van der Waals surface area (Å²) < 4.78 is 5.64. The van der Waals surface area contributed by atoms with Gasteiger partial charge in [-0.3, -0.25) is 4.79 Å². The first-order valence-electron chi connectivity index (χ1n) is 6.54. The first-order valence-corrected chi connectivity index (χ1v) is 6.54. The summed E-state index contributed by atoms with van der Waals surface area (Å²) in [4.78, 5) is 11.3. The zero-order valence-corrected chi connectivity index (χ0v) is 10.4. The number of para-hydroxylation sites is 1. The van der Waals surface area contributed by atoms with Crippen molar-refractivity contribution in [2.45, 2.75) is 44.9 Å². The fraction of sp³-hybridized carbons (Fsp3) is 0.533. The van der Waals surface area contributed by atoms with Crippen LogP contribution in [0.2, 0.25) is 0 Å². The Hall–Kier alpha value is -1.31. The van der Waals surface area contributed by atoms with Crippen molar-refractivity contribution in [1.82, 2.24) is 0 Å². The molecule has 0 amide bonds. The summed E-state index contributed by atoms with van der Waals surface area (Å²) in [6, 6.07) is 8.28. The molecule has 2 heteroatoms. The van der Waals surface area contributed by atoms with Crippen LogP contribution in [0.25, 0.3) is 0 Å². The predicted molar refractivity (Wildman–Crippen MR) is 68.4 cm³/mol. The van der Waals surface area contributed by atoms with Gasteiger partial charge in [0.25, 0.3) is 0 Å². The normalized spacial score (nSPS) is 18.3. The Labute approximate surface area is 103 Å². The highest BCUT2D eigenvalue weighted by Gasteiger charge is 2.20. The maximum Gasteiger partial charge on any atom is 0.132 e. The monoisotopic (exact) mass is 232 g/mol. The van der Waals surface area contributed by atoms with Gasteiger partial charge in [-0.25, -0.2) is 0 Å². The lowest BCUT2D eigenvalue weighted by molar-refractivity contribution is -0.118. The molecule has 1 heterocycles. The average Bonchev–Trinajstić information content (AvgIpc) is 2.39. The summed E-state index contributed by atoms with van der Waals surface area (Å²) in [6.07, 6.45) is 4.59. The van der Waals surface area contributed by atoms with Crippen LogP contribution in [0.3, 0.4) is 0 Å². The minimum Gasteiger partial charge on any atom is -0.493 e. The van der Waals surface area contributed by atoms with Crippen LogP contribution >= 0.6 is 0 Å². The molecule has 2 nitrogen and oxygen atoms in total. The van der Waals surface area contributed by atoms with E-state index in [2.05, 4.69) is 12.1 Å². The highest BCUT2D eigenvalue weighted by Crippen LogP contribution is 2.36. The van der Waals surface area contributed by atoms with Gasteiger partial charge < -0.3 is 4.74 Å². The van der Waals surface area contributed by atoms with Crippen molar-refractivity contribution in [1.29, 1.82) is 0 Å². The highest BCUT2D eigenvalue weighted by atomic mass is 16.5. The Kier molecular flexibility index (Phi) is 4.18. The van der Waals surface area contributed by atoms with Crippen LogP contribution in [0.4, 0.5) is 0 Å². The van der Waals surface area contributed by atoms with Crippen molar-refractivity contribution in [2.24, 2.45) is 0 Å². The minimum absolute atomic E-state index is 0.380. The molecule has 0 aliphatic carbocycles. The Balaban J connectivity index is 1.92. The first kappa shape index (κ1) is 12.2. The third kappa shape index (κ3) is 3.09. The van der Waals surface area contributed by atoms with E-state index in [0.29, 0.717) is 18.1 Å². The molecule has 1 unspecified atom stereocenters. The van der Waals surface area contributed by atoms with E-state index >= 15 is 0 Å². The molecule has 1 aromatic rings. The lowest BCUT2D eigenvalue weighted by Crippen LogP contribution is -2.14. The second-order valence-electron chi connectivity index (χ2n) is 4.66. The van der Waals surface area contributed by atoms with E-state index in [-0.39, 0.29) is 0 Å². The highest BCUT2D eigenvalue weighted by molar-refractivity contribution is 5.77. The molecule has 2 rings (SSSR count). The van der Waals surface area contributed by atoms with E-state index in [9.17, 15) is 4.79 Å². The molecule has 0 fully saturated rings. The standard InChI is InChI=1S/C15H20O2/c1-2-13(16)7-5-6-12-10-11-17-15-9-4-3-8-14(12)15/h3-4,8-9,12H,2,5-7,10-11H2,1H3. The summed E-state index contributed by atoms with van der Waals surface area (Å²) in [5.41, 5.74) is 1.32. The van der Waals surface area contributed by atoms with Gasteiger partial charge in [-0.05, 0) is 36.8 Å². The van der Waals surface area contributed by atoms with Crippen LogP contribution < -0.4 is 4.74 Å². The Morgan fingerprint density at radius 2 is 2.24 bits per heavy atom. The second kappa shape index (κ2) is 5.85.